The maximum atomic E-state index is 13.6. The van der Waals surface area contributed by atoms with Crippen LogP contribution in [0, 0.1) is 17.8 Å². The minimum Gasteiger partial charge on any atom is -0.351 e. The van der Waals surface area contributed by atoms with Crippen molar-refractivity contribution >= 4 is 17.5 Å². The summed E-state index contributed by atoms with van der Waals surface area (Å²) in [6.45, 7) is 3.97. The lowest BCUT2D eigenvalue weighted by Gasteiger charge is -2.53. The molecule has 226 valence electrons. The topological polar surface area (TPSA) is 232 Å². The molecule has 0 aromatic heterocycles. The van der Waals surface area contributed by atoms with Crippen LogP contribution in [0.25, 0.3) is 0 Å². The lowest BCUT2D eigenvalue weighted by molar-refractivity contribution is -0.127. The molecule has 0 bridgehead atoms. The Morgan fingerprint density at radius 3 is 2.24 bits per heavy atom. The number of benzene rings is 2. The second-order valence-electron chi connectivity index (χ2n) is 12.2. The van der Waals surface area contributed by atoms with E-state index in [-0.39, 0.29) is 31.2 Å². The number of anilines is 1. The zero-order valence-corrected chi connectivity index (χ0v) is 24.4. The first-order valence-corrected chi connectivity index (χ1v) is 14.4. The Morgan fingerprint density at radius 2 is 1.55 bits per heavy atom. The molecule has 1 aliphatic heterocycles. The number of carbonyl (C=O) groups excluding carboxylic acids is 2. The Labute approximate surface area is 247 Å². The van der Waals surface area contributed by atoms with Crippen molar-refractivity contribution in [1.82, 2.24) is 5.32 Å². The van der Waals surface area contributed by atoms with Crippen LogP contribution in [0.3, 0.4) is 0 Å². The zero-order valence-electron chi connectivity index (χ0n) is 24.4. The van der Waals surface area contributed by atoms with E-state index in [1.54, 1.807) is 4.90 Å². The van der Waals surface area contributed by atoms with E-state index in [2.05, 4.69) is 17.2 Å². The molecule has 2 amide bonds. The summed E-state index contributed by atoms with van der Waals surface area (Å²) in [4.78, 5) is 28.6. The van der Waals surface area contributed by atoms with Gasteiger partial charge in [-0.2, -0.15) is 0 Å². The van der Waals surface area contributed by atoms with Crippen LogP contribution in [-0.2, 0) is 16.1 Å². The van der Waals surface area contributed by atoms with Gasteiger partial charge in [-0.15, -0.1) is 0 Å². The van der Waals surface area contributed by atoms with Crippen LogP contribution in [0.5, 0.6) is 0 Å². The van der Waals surface area contributed by atoms with Crippen LogP contribution in [0.4, 0.5) is 5.69 Å². The van der Waals surface area contributed by atoms with Gasteiger partial charge in [0, 0.05) is 72.2 Å². The highest BCUT2D eigenvalue weighted by atomic mass is 16.2. The summed E-state index contributed by atoms with van der Waals surface area (Å²) in [6, 6.07) is 12.0. The fraction of sp³-hybridized carbons (Fsp3) is 0.484. The van der Waals surface area contributed by atoms with Gasteiger partial charge >= 0.3 is 0 Å². The van der Waals surface area contributed by atoms with Crippen LogP contribution in [0.15, 0.2) is 48.5 Å². The van der Waals surface area contributed by atoms with Gasteiger partial charge < -0.3 is 50.4 Å². The highest BCUT2D eigenvalue weighted by molar-refractivity contribution is 5.97. The molecule has 4 rings (SSSR count). The molecule has 2 aromatic rings. The van der Waals surface area contributed by atoms with E-state index in [0.717, 1.165) is 16.7 Å². The molecule has 7 atom stereocenters. The molecule has 1 fully saturated rings. The van der Waals surface area contributed by atoms with E-state index in [9.17, 15) is 9.59 Å². The number of hydrogen-bond acceptors (Lipinski definition) is 9. The Kier molecular flexibility index (Phi) is 9.39. The van der Waals surface area contributed by atoms with Gasteiger partial charge in [-0.05, 0) is 44.0 Å². The number of carbonyl (C=O) groups is 2. The van der Waals surface area contributed by atoms with Gasteiger partial charge in [0.2, 0.25) is 11.8 Å². The van der Waals surface area contributed by atoms with Gasteiger partial charge in [0.1, 0.15) is 0 Å². The molecule has 7 unspecified atom stereocenters. The van der Waals surface area contributed by atoms with Crippen molar-refractivity contribution < 1.29 is 9.59 Å². The van der Waals surface area contributed by atoms with Gasteiger partial charge in [-0.1, -0.05) is 42.2 Å². The third-order valence-electron chi connectivity index (χ3n) is 8.93. The minimum absolute atomic E-state index is 0.0111. The van der Waals surface area contributed by atoms with Crippen LogP contribution in [0.2, 0.25) is 0 Å². The van der Waals surface area contributed by atoms with E-state index in [0.29, 0.717) is 18.7 Å². The van der Waals surface area contributed by atoms with Crippen molar-refractivity contribution in [2.75, 3.05) is 11.4 Å². The van der Waals surface area contributed by atoms with Crippen molar-refractivity contribution in [3.8, 4) is 11.8 Å². The largest absolute Gasteiger partial charge is 0.351 e. The standard InChI is InChI=1S/C31H45N9O2/c1-30(2,26-21(33)15-22(34)27(35)29(37)31(38,17-32)28(26)36)39-24(41)13-14-25(42)40-16-20-9-4-3-7-18(20)11-12-19-8-5-6-10-23(19)40/h3-10,21-22,26-29H,13-17,32-38H2,1-2H3,(H,39,41). The molecular weight excluding hydrogens is 530 g/mol. The molecule has 0 saturated heterocycles. The molecule has 15 N–H and O–H groups in total. The molecule has 11 nitrogen and oxygen atoms in total. The maximum absolute atomic E-state index is 13.6. The summed E-state index contributed by atoms with van der Waals surface area (Å²) in [5, 5.41) is 3.05. The van der Waals surface area contributed by atoms with Crippen LogP contribution >= 0.6 is 0 Å². The number of nitrogens with one attached hydrogen (secondary N) is 1. The van der Waals surface area contributed by atoms with Crippen molar-refractivity contribution in [2.24, 2.45) is 46.1 Å². The first-order valence-electron chi connectivity index (χ1n) is 14.4. The van der Waals surface area contributed by atoms with Crippen LogP contribution < -0.4 is 50.4 Å². The first-order chi connectivity index (χ1) is 19.8. The number of hydrogen-bond donors (Lipinski definition) is 8. The molecular formula is C31H45N9O2. The lowest BCUT2D eigenvalue weighted by atomic mass is 9.63. The predicted octanol–water partition coefficient (Wildman–Crippen LogP) is -1.08. The monoisotopic (exact) mass is 575 g/mol. The number of fused-ring (bicyclic) bond motifs is 2. The number of amides is 2. The Morgan fingerprint density at radius 1 is 0.929 bits per heavy atom. The normalized spacial score (nSPS) is 29.4. The number of nitrogens with two attached hydrogens (primary N) is 7. The minimum atomic E-state index is -1.27. The van der Waals surface area contributed by atoms with E-state index in [1.165, 1.54) is 0 Å². The summed E-state index contributed by atoms with van der Waals surface area (Å²) in [7, 11) is 0. The number of para-hydroxylation sites is 1. The van der Waals surface area contributed by atoms with Gasteiger partial charge in [0.05, 0.1) is 17.8 Å². The maximum Gasteiger partial charge on any atom is 0.227 e. The van der Waals surface area contributed by atoms with E-state index in [1.807, 2.05) is 62.4 Å². The van der Waals surface area contributed by atoms with Gasteiger partial charge in [-0.25, -0.2) is 0 Å². The van der Waals surface area contributed by atoms with Crippen LogP contribution in [0.1, 0.15) is 49.8 Å². The van der Waals surface area contributed by atoms with Crippen molar-refractivity contribution in [3.05, 3.63) is 65.2 Å². The lowest BCUT2D eigenvalue weighted by Crippen LogP contribution is -2.81. The Hall–Kier alpha value is -3.34. The summed E-state index contributed by atoms with van der Waals surface area (Å²) in [5.41, 5.74) is 46.3. The summed E-state index contributed by atoms with van der Waals surface area (Å²) >= 11 is 0. The number of rotatable bonds is 6. The third-order valence-corrected chi connectivity index (χ3v) is 8.93. The molecule has 11 heteroatoms. The van der Waals surface area contributed by atoms with Gasteiger partial charge in [-0.3, -0.25) is 9.59 Å². The third kappa shape index (κ3) is 6.21. The highest BCUT2D eigenvalue weighted by Crippen LogP contribution is 2.33. The summed E-state index contributed by atoms with van der Waals surface area (Å²) in [5.74, 6) is 5.34. The quantitative estimate of drug-likeness (QED) is 0.195. The smallest absolute Gasteiger partial charge is 0.227 e. The SMILES string of the molecule is CC(C)(NC(=O)CCC(=O)N1Cc2ccccc2C#Cc2ccccc21)C1C(N)CC(N)C(N)C(N)C(N)(CN)C1N. The van der Waals surface area contributed by atoms with Gasteiger partial charge in [0.15, 0.2) is 0 Å². The molecule has 0 spiro atoms. The van der Waals surface area contributed by atoms with Crippen molar-refractivity contribution in [3.63, 3.8) is 0 Å². The van der Waals surface area contributed by atoms with Crippen molar-refractivity contribution in [1.29, 1.82) is 0 Å². The van der Waals surface area contributed by atoms with Crippen molar-refractivity contribution in [2.45, 2.75) is 80.9 Å². The summed E-state index contributed by atoms with van der Waals surface area (Å²) in [6.07, 6.45) is 0.285. The molecule has 42 heavy (non-hydrogen) atoms. The molecule has 2 aromatic carbocycles. The second-order valence-corrected chi connectivity index (χ2v) is 12.2. The average molecular weight is 576 g/mol. The van der Waals surface area contributed by atoms with E-state index >= 15 is 0 Å². The van der Waals surface area contributed by atoms with Gasteiger partial charge in [0.25, 0.3) is 0 Å². The molecule has 0 radical (unpaired) electrons. The molecule has 1 saturated carbocycles. The van der Waals surface area contributed by atoms with Crippen LogP contribution in [-0.4, -0.2) is 59.6 Å². The fourth-order valence-electron chi connectivity index (χ4n) is 6.39. The molecule has 2 aliphatic rings. The Balaban J connectivity index is 1.51. The first kappa shape index (κ1) is 31.6. The highest BCUT2D eigenvalue weighted by Gasteiger charge is 2.52. The predicted molar refractivity (Wildman–Crippen MR) is 165 cm³/mol. The van der Waals surface area contributed by atoms with E-state index in [4.69, 9.17) is 40.1 Å². The fourth-order valence-corrected chi connectivity index (χ4v) is 6.39. The average Bonchev–Trinajstić information content (AvgIpc) is 2.95. The second kappa shape index (κ2) is 12.5. The zero-order chi connectivity index (χ0) is 30.8. The van der Waals surface area contributed by atoms with E-state index < -0.39 is 47.2 Å². The Bertz CT molecular complexity index is 1370. The molecule has 1 heterocycles. The number of nitrogens with zero attached hydrogens (tertiary/aromatic N) is 1. The summed E-state index contributed by atoms with van der Waals surface area (Å²) < 4.78 is 0. The molecule has 1 aliphatic carbocycles.